The van der Waals surface area contributed by atoms with Gasteiger partial charge in [-0.2, -0.15) is 0 Å². The molecular weight excluding hydrogens is 360 g/mol. The molecule has 0 aliphatic carbocycles. The second kappa shape index (κ2) is 6.59. The first-order valence-electron chi connectivity index (χ1n) is 8.37. The largest absolute Gasteiger partial charge is 0.508 e. The van der Waals surface area contributed by atoms with Crippen LogP contribution < -0.4 is 5.43 Å². The molecule has 0 fully saturated rings. The maximum Gasteiger partial charge on any atom is 0.238 e. The molecule has 6 heteroatoms. The van der Waals surface area contributed by atoms with Crippen LogP contribution in [0.15, 0.2) is 75.9 Å². The van der Waals surface area contributed by atoms with Gasteiger partial charge in [0.05, 0.1) is 0 Å². The van der Waals surface area contributed by atoms with Crippen LogP contribution in [-0.2, 0) is 0 Å². The normalized spacial score (nSPS) is 10.9. The van der Waals surface area contributed by atoms with E-state index < -0.39 is 16.9 Å². The Hall–Kier alpha value is -4.06. The van der Waals surface area contributed by atoms with Gasteiger partial charge >= 0.3 is 0 Å². The molecule has 4 aromatic rings. The van der Waals surface area contributed by atoms with Crippen molar-refractivity contribution in [2.45, 2.75) is 0 Å². The molecule has 0 saturated carbocycles. The molecule has 0 aliphatic heterocycles. The van der Waals surface area contributed by atoms with Crippen LogP contribution in [0, 0.1) is 0 Å². The Kier molecular flexibility index (Phi) is 4.08. The molecule has 1 heterocycles. The van der Waals surface area contributed by atoms with E-state index in [9.17, 15) is 24.9 Å². The Balaban J connectivity index is 1.88. The summed E-state index contributed by atoms with van der Waals surface area (Å²) in [5.74, 6) is -1.88. The highest BCUT2D eigenvalue weighted by Crippen LogP contribution is 2.35. The maximum atomic E-state index is 12.7. The predicted octanol–water partition coefficient (Wildman–Crippen LogP) is 3.81. The average molecular weight is 374 g/mol. The minimum Gasteiger partial charge on any atom is -0.508 e. The van der Waals surface area contributed by atoms with Crippen LogP contribution in [0.25, 0.3) is 22.3 Å². The molecule has 3 aromatic carbocycles. The van der Waals surface area contributed by atoms with E-state index >= 15 is 0 Å². The molecule has 0 atom stereocenters. The topological polar surface area (TPSA) is 108 Å². The Morgan fingerprint density at radius 3 is 2.29 bits per heavy atom. The number of hydrogen-bond donors (Lipinski definition) is 3. The molecule has 0 spiro atoms. The highest BCUT2D eigenvalue weighted by Gasteiger charge is 2.19. The summed E-state index contributed by atoms with van der Waals surface area (Å²) in [4.78, 5) is 25.1. The van der Waals surface area contributed by atoms with Gasteiger partial charge in [0.2, 0.25) is 11.2 Å². The third-order valence-corrected chi connectivity index (χ3v) is 4.36. The van der Waals surface area contributed by atoms with Crippen LogP contribution in [0.3, 0.4) is 0 Å². The van der Waals surface area contributed by atoms with E-state index in [-0.39, 0.29) is 28.3 Å². The van der Waals surface area contributed by atoms with E-state index in [1.807, 2.05) is 0 Å². The highest BCUT2D eigenvalue weighted by molar-refractivity contribution is 6.09. The second-order valence-electron chi connectivity index (χ2n) is 6.22. The van der Waals surface area contributed by atoms with Gasteiger partial charge in [0, 0.05) is 28.8 Å². The summed E-state index contributed by atoms with van der Waals surface area (Å²) in [6, 6.07) is 17.1. The van der Waals surface area contributed by atoms with Gasteiger partial charge in [-0.1, -0.05) is 48.5 Å². The second-order valence-corrected chi connectivity index (χ2v) is 6.22. The van der Waals surface area contributed by atoms with Crippen molar-refractivity contribution in [3.05, 3.63) is 88.1 Å². The van der Waals surface area contributed by atoms with E-state index in [1.165, 1.54) is 12.1 Å². The van der Waals surface area contributed by atoms with Crippen molar-refractivity contribution in [2.24, 2.45) is 0 Å². The monoisotopic (exact) mass is 374 g/mol. The smallest absolute Gasteiger partial charge is 0.238 e. The van der Waals surface area contributed by atoms with E-state index in [4.69, 9.17) is 4.42 Å². The molecule has 0 radical (unpaired) electrons. The Morgan fingerprint density at radius 1 is 0.821 bits per heavy atom. The van der Waals surface area contributed by atoms with Crippen molar-refractivity contribution < 1.29 is 24.5 Å². The highest BCUT2D eigenvalue weighted by atomic mass is 16.4. The third-order valence-electron chi connectivity index (χ3n) is 4.36. The standard InChI is InChI=1S/C22H14O6/c23-15-10-16(24)18-17(11-15)28-22(21(27)20(18)26)14-8-4-7-13(9-14)19(25)12-5-2-1-3-6-12/h1-11,23-24,27H. The summed E-state index contributed by atoms with van der Waals surface area (Å²) in [5, 5.41) is 29.6. The first-order valence-corrected chi connectivity index (χ1v) is 8.37. The maximum absolute atomic E-state index is 12.7. The summed E-state index contributed by atoms with van der Waals surface area (Å²) >= 11 is 0. The van der Waals surface area contributed by atoms with Crippen LogP contribution in [0.5, 0.6) is 17.2 Å². The van der Waals surface area contributed by atoms with Gasteiger partial charge in [0.15, 0.2) is 11.5 Å². The van der Waals surface area contributed by atoms with E-state index in [0.717, 1.165) is 6.07 Å². The molecule has 4 rings (SSSR count). The summed E-state index contributed by atoms with van der Waals surface area (Å²) < 4.78 is 5.58. The molecule has 3 N–H and O–H groups in total. The van der Waals surface area contributed by atoms with Gasteiger partial charge in [-0.3, -0.25) is 9.59 Å². The minimum absolute atomic E-state index is 0.0879. The number of fused-ring (bicyclic) bond motifs is 1. The Bertz CT molecular complexity index is 1270. The fourth-order valence-corrected chi connectivity index (χ4v) is 3.03. The van der Waals surface area contributed by atoms with Gasteiger partial charge in [0.1, 0.15) is 22.5 Å². The lowest BCUT2D eigenvalue weighted by molar-refractivity contribution is 0.103. The minimum atomic E-state index is -0.839. The summed E-state index contributed by atoms with van der Waals surface area (Å²) in [6.07, 6.45) is 0. The van der Waals surface area contributed by atoms with Crippen LogP contribution in [0.2, 0.25) is 0 Å². The molecule has 6 nitrogen and oxygen atoms in total. The Labute approximate surface area is 158 Å². The fourth-order valence-electron chi connectivity index (χ4n) is 3.03. The zero-order valence-electron chi connectivity index (χ0n) is 14.4. The van der Waals surface area contributed by atoms with Crippen LogP contribution >= 0.6 is 0 Å². The van der Waals surface area contributed by atoms with Crippen LogP contribution in [0.1, 0.15) is 15.9 Å². The fraction of sp³-hybridized carbons (Fsp3) is 0. The van der Waals surface area contributed by atoms with Crippen molar-refractivity contribution in [3.63, 3.8) is 0 Å². The number of carbonyl (C=O) groups is 1. The lowest BCUT2D eigenvalue weighted by atomic mass is 10.00. The quantitative estimate of drug-likeness (QED) is 0.471. The molecule has 0 unspecified atom stereocenters. The lowest BCUT2D eigenvalue weighted by Crippen LogP contribution is -2.04. The third kappa shape index (κ3) is 2.87. The SMILES string of the molecule is O=C(c1ccccc1)c1cccc(-c2oc3cc(O)cc(O)c3c(=O)c2O)c1. The van der Waals surface area contributed by atoms with Crippen molar-refractivity contribution in [1.82, 2.24) is 0 Å². The van der Waals surface area contributed by atoms with E-state index in [0.29, 0.717) is 16.7 Å². The van der Waals surface area contributed by atoms with Gasteiger partial charge in [-0.25, -0.2) is 0 Å². The molecule has 138 valence electrons. The summed E-state index contributed by atoms with van der Waals surface area (Å²) in [6.45, 7) is 0. The van der Waals surface area contributed by atoms with Gasteiger partial charge < -0.3 is 19.7 Å². The van der Waals surface area contributed by atoms with Crippen LogP contribution in [0.4, 0.5) is 0 Å². The lowest BCUT2D eigenvalue weighted by Gasteiger charge is -2.09. The zero-order chi connectivity index (χ0) is 19.8. The number of phenolic OH excluding ortho intramolecular Hbond substituents is 2. The number of phenols is 2. The first-order chi connectivity index (χ1) is 13.5. The van der Waals surface area contributed by atoms with Crippen LogP contribution in [-0.4, -0.2) is 21.1 Å². The van der Waals surface area contributed by atoms with E-state index in [1.54, 1.807) is 48.5 Å². The number of aromatic hydroxyl groups is 3. The van der Waals surface area contributed by atoms with Crippen molar-refractivity contribution >= 4 is 16.8 Å². The van der Waals surface area contributed by atoms with Crippen molar-refractivity contribution in [3.8, 4) is 28.6 Å². The number of hydrogen-bond acceptors (Lipinski definition) is 6. The first kappa shape index (κ1) is 17.4. The number of carbonyl (C=O) groups excluding carboxylic acids is 1. The number of benzene rings is 3. The van der Waals surface area contributed by atoms with Gasteiger partial charge in [0.25, 0.3) is 0 Å². The molecule has 0 saturated heterocycles. The van der Waals surface area contributed by atoms with Gasteiger partial charge in [-0.05, 0) is 6.07 Å². The molecule has 1 aromatic heterocycles. The van der Waals surface area contributed by atoms with Gasteiger partial charge in [-0.15, -0.1) is 0 Å². The molecular formula is C22H14O6. The molecule has 0 amide bonds. The van der Waals surface area contributed by atoms with Crippen molar-refractivity contribution in [1.29, 1.82) is 0 Å². The van der Waals surface area contributed by atoms with E-state index in [2.05, 4.69) is 0 Å². The predicted molar refractivity (Wildman–Crippen MR) is 103 cm³/mol. The molecule has 0 aliphatic rings. The average Bonchev–Trinajstić information content (AvgIpc) is 2.70. The Morgan fingerprint density at radius 2 is 1.54 bits per heavy atom. The van der Waals surface area contributed by atoms with Crippen molar-refractivity contribution in [2.75, 3.05) is 0 Å². The summed E-state index contributed by atoms with van der Waals surface area (Å²) in [5.41, 5.74) is 0.230. The molecule has 28 heavy (non-hydrogen) atoms. The number of rotatable bonds is 3. The zero-order valence-corrected chi connectivity index (χ0v) is 14.4. The summed E-state index contributed by atoms with van der Waals surface area (Å²) in [7, 11) is 0. The number of ketones is 1. The molecule has 0 bridgehead atoms.